The Morgan fingerprint density at radius 1 is 1.39 bits per heavy atom. The number of anilines is 1. The zero-order chi connectivity index (χ0) is 13.4. The van der Waals surface area contributed by atoms with E-state index in [0.717, 1.165) is 31.7 Å². The summed E-state index contributed by atoms with van der Waals surface area (Å²) in [6.07, 6.45) is 4.54. The molecule has 0 saturated heterocycles. The second kappa shape index (κ2) is 7.44. The van der Waals surface area contributed by atoms with E-state index in [2.05, 4.69) is 12.2 Å². The first-order chi connectivity index (χ1) is 8.67. The predicted octanol–water partition coefficient (Wildman–Crippen LogP) is 3.61. The molecule has 0 aliphatic carbocycles. The number of rotatable bonds is 6. The number of hydrogen-bond acceptors (Lipinski definition) is 2. The molecule has 0 fully saturated rings. The zero-order valence-electron chi connectivity index (χ0n) is 10.5. The van der Waals surface area contributed by atoms with Crippen molar-refractivity contribution in [3.63, 3.8) is 0 Å². The Bertz CT molecular complexity index is 452. The van der Waals surface area contributed by atoms with Crippen LogP contribution in [0.25, 0.3) is 0 Å². The summed E-state index contributed by atoms with van der Waals surface area (Å²) in [7, 11) is 0. The maximum Gasteiger partial charge on any atom is 0.224 e. The Labute approximate surface area is 107 Å². The van der Waals surface area contributed by atoms with Gasteiger partial charge >= 0.3 is 0 Å². The fourth-order valence-electron chi connectivity index (χ4n) is 1.64. The number of amides is 1. The van der Waals surface area contributed by atoms with E-state index in [1.54, 1.807) is 0 Å². The number of benzene rings is 1. The fraction of sp³-hybridized carbons (Fsp3) is 0.429. The minimum Gasteiger partial charge on any atom is -0.325 e. The van der Waals surface area contributed by atoms with Gasteiger partial charge in [0.05, 0.1) is 11.3 Å². The summed E-state index contributed by atoms with van der Waals surface area (Å²) in [4.78, 5) is 11.6. The monoisotopic (exact) mass is 248 g/mol. The van der Waals surface area contributed by atoms with Crippen molar-refractivity contribution in [2.24, 2.45) is 0 Å². The van der Waals surface area contributed by atoms with Crippen LogP contribution in [0.4, 0.5) is 10.1 Å². The fourth-order valence-corrected chi connectivity index (χ4v) is 1.64. The largest absolute Gasteiger partial charge is 0.325 e. The van der Waals surface area contributed by atoms with Crippen molar-refractivity contribution >= 4 is 11.6 Å². The van der Waals surface area contributed by atoms with Gasteiger partial charge in [0, 0.05) is 6.42 Å². The molecule has 96 valence electrons. The van der Waals surface area contributed by atoms with Crippen LogP contribution >= 0.6 is 0 Å². The average molecular weight is 248 g/mol. The number of hydrogen-bond donors (Lipinski definition) is 1. The van der Waals surface area contributed by atoms with Gasteiger partial charge in [-0.15, -0.1) is 0 Å². The molecule has 0 saturated carbocycles. The van der Waals surface area contributed by atoms with E-state index in [-0.39, 0.29) is 11.5 Å². The van der Waals surface area contributed by atoms with Gasteiger partial charge in [0.25, 0.3) is 0 Å². The van der Waals surface area contributed by atoms with Crippen molar-refractivity contribution in [3.05, 3.63) is 29.6 Å². The van der Waals surface area contributed by atoms with Gasteiger partial charge in [0.15, 0.2) is 0 Å². The van der Waals surface area contributed by atoms with Crippen molar-refractivity contribution in [1.82, 2.24) is 0 Å². The number of nitrogens with zero attached hydrogens (tertiary/aromatic N) is 1. The van der Waals surface area contributed by atoms with E-state index in [1.165, 1.54) is 12.1 Å². The number of carbonyl (C=O) groups excluding carboxylic acids is 1. The highest BCUT2D eigenvalue weighted by Gasteiger charge is 2.07. The van der Waals surface area contributed by atoms with Crippen molar-refractivity contribution in [3.8, 4) is 6.07 Å². The van der Waals surface area contributed by atoms with Gasteiger partial charge in [-0.3, -0.25) is 4.79 Å². The van der Waals surface area contributed by atoms with E-state index in [4.69, 9.17) is 5.26 Å². The third-order valence-corrected chi connectivity index (χ3v) is 2.63. The summed E-state index contributed by atoms with van der Waals surface area (Å²) in [6.45, 7) is 2.11. The lowest BCUT2D eigenvalue weighted by Gasteiger charge is -2.06. The maximum absolute atomic E-state index is 12.9. The third-order valence-electron chi connectivity index (χ3n) is 2.63. The standard InChI is InChI=1S/C14H17FN2O/c1-2-3-4-5-6-14(18)17-13-8-7-12(15)9-11(13)10-16/h7-9H,2-6H2,1H3,(H,17,18). The molecule has 1 aromatic carbocycles. The lowest BCUT2D eigenvalue weighted by molar-refractivity contribution is -0.116. The molecular formula is C14H17FN2O. The third kappa shape index (κ3) is 4.54. The minimum atomic E-state index is -0.479. The molecule has 4 heteroatoms. The Kier molecular flexibility index (Phi) is 5.86. The Hall–Kier alpha value is -1.89. The molecule has 0 atom stereocenters. The molecule has 1 amide bonds. The minimum absolute atomic E-state index is 0.130. The molecule has 0 aliphatic rings. The number of nitriles is 1. The highest BCUT2D eigenvalue weighted by Crippen LogP contribution is 2.16. The average Bonchev–Trinajstić information content (AvgIpc) is 2.37. The Morgan fingerprint density at radius 2 is 2.17 bits per heavy atom. The topological polar surface area (TPSA) is 52.9 Å². The van der Waals surface area contributed by atoms with Crippen molar-refractivity contribution < 1.29 is 9.18 Å². The molecule has 3 nitrogen and oxygen atoms in total. The molecule has 0 spiro atoms. The maximum atomic E-state index is 12.9. The van der Waals surface area contributed by atoms with Crippen LogP contribution in [0.1, 0.15) is 44.6 Å². The van der Waals surface area contributed by atoms with Gasteiger partial charge in [-0.1, -0.05) is 26.2 Å². The number of halogens is 1. The highest BCUT2D eigenvalue weighted by molar-refractivity contribution is 5.92. The molecule has 1 aromatic rings. The van der Waals surface area contributed by atoms with E-state index in [0.29, 0.717) is 12.1 Å². The first kappa shape index (κ1) is 14.2. The van der Waals surface area contributed by atoms with Gasteiger partial charge in [-0.05, 0) is 24.6 Å². The van der Waals surface area contributed by atoms with E-state index in [1.807, 2.05) is 6.07 Å². The van der Waals surface area contributed by atoms with Gasteiger partial charge in [-0.25, -0.2) is 4.39 Å². The predicted molar refractivity (Wildman–Crippen MR) is 68.5 cm³/mol. The molecule has 1 rings (SSSR count). The first-order valence-corrected chi connectivity index (χ1v) is 6.17. The van der Waals surface area contributed by atoms with Crippen molar-refractivity contribution in [2.75, 3.05) is 5.32 Å². The first-order valence-electron chi connectivity index (χ1n) is 6.17. The van der Waals surface area contributed by atoms with Gasteiger partial charge < -0.3 is 5.32 Å². The molecule has 0 aliphatic heterocycles. The second-order valence-electron chi connectivity index (χ2n) is 4.16. The smallest absolute Gasteiger partial charge is 0.224 e. The van der Waals surface area contributed by atoms with Gasteiger partial charge in [0.2, 0.25) is 5.91 Å². The SMILES string of the molecule is CCCCCCC(=O)Nc1ccc(F)cc1C#N. The lowest BCUT2D eigenvalue weighted by atomic mass is 10.1. The van der Waals surface area contributed by atoms with Crippen molar-refractivity contribution in [1.29, 1.82) is 5.26 Å². The summed E-state index contributed by atoms with van der Waals surface area (Å²) in [5.41, 5.74) is 0.524. The van der Waals surface area contributed by atoms with E-state index in [9.17, 15) is 9.18 Å². The number of nitrogens with one attached hydrogen (secondary N) is 1. The van der Waals surface area contributed by atoms with Crippen LogP contribution < -0.4 is 5.32 Å². The quantitative estimate of drug-likeness (QED) is 0.782. The normalized spacial score (nSPS) is 9.83. The Balaban J connectivity index is 2.52. The molecule has 0 unspecified atom stereocenters. The molecule has 0 heterocycles. The molecule has 0 radical (unpaired) electrons. The molecular weight excluding hydrogens is 231 g/mol. The molecule has 0 aromatic heterocycles. The highest BCUT2D eigenvalue weighted by atomic mass is 19.1. The number of unbranched alkanes of at least 4 members (excludes halogenated alkanes) is 3. The van der Waals surface area contributed by atoms with E-state index >= 15 is 0 Å². The lowest BCUT2D eigenvalue weighted by Crippen LogP contribution is -2.12. The van der Waals surface area contributed by atoms with Gasteiger partial charge in [-0.2, -0.15) is 5.26 Å². The van der Waals surface area contributed by atoms with Crippen LogP contribution in [-0.4, -0.2) is 5.91 Å². The van der Waals surface area contributed by atoms with Crippen LogP contribution in [0, 0.1) is 17.1 Å². The Morgan fingerprint density at radius 3 is 2.83 bits per heavy atom. The molecule has 1 N–H and O–H groups in total. The summed E-state index contributed by atoms with van der Waals surface area (Å²) >= 11 is 0. The molecule has 18 heavy (non-hydrogen) atoms. The van der Waals surface area contributed by atoms with Crippen LogP contribution in [0.3, 0.4) is 0 Å². The summed E-state index contributed by atoms with van der Waals surface area (Å²) < 4.78 is 12.9. The summed E-state index contributed by atoms with van der Waals surface area (Å²) in [5.74, 6) is -0.610. The van der Waals surface area contributed by atoms with E-state index < -0.39 is 5.82 Å². The zero-order valence-corrected chi connectivity index (χ0v) is 10.5. The number of carbonyl (C=O) groups is 1. The van der Waals surface area contributed by atoms with Crippen LogP contribution in [0.15, 0.2) is 18.2 Å². The summed E-state index contributed by atoms with van der Waals surface area (Å²) in [6, 6.07) is 5.63. The van der Waals surface area contributed by atoms with Crippen molar-refractivity contribution in [2.45, 2.75) is 39.0 Å². The van der Waals surface area contributed by atoms with Gasteiger partial charge in [0.1, 0.15) is 11.9 Å². The summed E-state index contributed by atoms with van der Waals surface area (Å²) in [5, 5.41) is 11.5. The van der Waals surface area contributed by atoms with Crippen LogP contribution in [0.5, 0.6) is 0 Å². The second-order valence-corrected chi connectivity index (χ2v) is 4.16. The molecule has 0 bridgehead atoms. The van der Waals surface area contributed by atoms with Crippen LogP contribution in [0.2, 0.25) is 0 Å². The van der Waals surface area contributed by atoms with Crippen LogP contribution in [-0.2, 0) is 4.79 Å².